The summed E-state index contributed by atoms with van der Waals surface area (Å²) >= 11 is 5.78. The Balaban J connectivity index is 1.95. The third-order valence-electron chi connectivity index (χ3n) is 6.19. The number of amides is 2. The Morgan fingerprint density at radius 3 is 2.53 bits per heavy atom. The van der Waals surface area contributed by atoms with E-state index < -0.39 is 23.5 Å². The smallest absolute Gasteiger partial charge is 0.323 e. The number of hydrogen-bond donors (Lipinski definition) is 3. The zero-order valence-corrected chi connectivity index (χ0v) is 20.3. The lowest BCUT2D eigenvalue weighted by molar-refractivity contribution is -0.137. The van der Waals surface area contributed by atoms with Crippen LogP contribution in [0.1, 0.15) is 57.9 Å². The average molecular weight is 494 g/mol. The van der Waals surface area contributed by atoms with Crippen LogP contribution in [0.5, 0.6) is 0 Å². The molecule has 1 heterocycles. The Labute approximate surface area is 203 Å². The first-order valence-corrected chi connectivity index (χ1v) is 11.7. The van der Waals surface area contributed by atoms with Gasteiger partial charge in [0.15, 0.2) is 0 Å². The van der Waals surface area contributed by atoms with Crippen molar-refractivity contribution in [2.24, 2.45) is 0 Å². The maximum atomic E-state index is 14.9. The summed E-state index contributed by atoms with van der Waals surface area (Å²) in [5.74, 6) is -1.85. The van der Waals surface area contributed by atoms with Crippen LogP contribution in [0.4, 0.5) is 30.6 Å². The van der Waals surface area contributed by atoms with Crippen molar-refractivity contribution in [2.45, 2.75) is 64.1 Å². The van der Waals surface area contributed by atoms with Gasteiger partial charge in [-0.2, -0.15) is 0 Å². The molecule has 34 heavy (non-hydrogen) atoms. The molecule has 2 unspecified atom stereocenters. The highest BCUT2D eigenvalue weighted by atomic mass is 35.5. The minimum Gasteiger partial charge on any atom is -0.481 e. The third kappa shape index (κ3) is 6.17. The normalized spacial score (nSPS) is 16.9. The van der Waals surface area contributed by atoms with E-state index in [9.17, 15) is 23.5 Å². The lowest BCUT2D eigenvalue weighted by Gasteiger charge is -2.35. The summed E-state index contributed by atoms with van der Waals surface area (Å²) in [5, 5.41) is 14.7. The van der Waals surface area contributed by atoms with E-state index in [-0.39, 0.29) is 29.1 Å². The molecule has 2 atom stereocenters. The van der Waals surface area contributed by atoms with E-state index in [2.05, 4.69) is 10.6 Å². The van der Waals surface area contributed by atoms with Gasteiger partial charge in [0.2, 0.25) is 0 Å². The number of benzene rings is 2. The zero-order valence-electron chi connectivity index (χ0n) is 19.5. The largest absolute Gasteiger partial charge is 0.481 e. The van der Waals surface area contributed by atoms with Gasteiger partial charge in [-0.3, -0.25) is 4.79 Å². The molecule has 3 N–H and O–H groups in total. The summed E-state index contributed by atoms with van der Waals surface area (Å²) in [6.07, 6.45) is 2.01. The molecule has 184 valence electrons. The average Bonchev–Trinajstić information content (AvgIpc) is 3.24. The highest BCUT2D eigenvalue weighted by molar-refractivity contribution is 6.30. The molecular weight excluding hydrogens is 464 g/mol. The second kappa shape index (κ2) is 10.6. The van der Waals surface area contributed by atoms with Gasteiger partial charge in [0.1, 0.15) is 11.5 Å². The van der Waals surface area contributed by atoms with E-state index in [1.54, 1.807) is 12.1 Å². The Morgan fingerprint density at radius 2 is 1.91 bits per heavy atom. The molecule has 6 nitrogen and oxygen atoms in total. The zero-order chi connectivity index (χ0) is 25.0. The fraction of sp³-hybridized carbons (Fsp3) is 0.440. The molecule has 3 rings (SSSR count). The molecule has 1 saturated heterocycles. The van der Waals surface area contributed by atoms with Gasteiger partial charge in [-0.15, -0.1) is 0 Å². The number of urea groups is 1. The molecule has 2 aromatic rings. The van der Waals surface area contributed by atoms with Gasteiger partial charge >= 0.3 is 12.0 Å². The molecule has 2 amide bonds. The van der Waals surface area contributed by atoms with Gasteiger partial charge in [-0.25, -0.2) is 13.6 Å². The van der Waals surface area contributed by atoms with Crippen LogP contribution in [0.3, 0.4) is 0 Å². The summed E-state index contributed by atoms with van der Waals surface area (Å²) in [6, 6.07) is 8.21. The van der Waals surface area contributed by atoms with E-state index in [1.807, 2.05) is 17.9 Å². The van der Waals surface area contributed by atoms with Crippen molar-refractivity contribution in [2.75, 3.05) is 22.1 Å². The summed E-state index contributed by atoms with van der Waals surface area (Å²) in [6.45, 7) is 5.58. The van der Waals surface area contributed by atoms with E-state index >= 15 is 0 Å². The monoisotopic (exact) mass is 493 g/mol. The van der Waals surface area contributed by atoms with Crippen molar-refractivity contribution in [1.82, 2.24) is 0 Å². The van der Waals surface area contributed by atoms with Gasteiger partial charge in [0, 0.05) is 11.6 Å². The number of carbonyl (C=O) groups is 2. The first-order chi connectivity index (χ1) is 16.0. The van der Waals surface area contributed by atoms with Crippen molar-refractivity contribution >= 4 is 40.7 Å². The summed E-state index contributed by atoms with van der Waals surface area (Å²) in [7, 11) is 0. The predicted molar refractivity (Wildman–Crippen MR) is 131 cm³/mol. The minimum absolute atomic E-state index is 0.0409. The molecule has 1 fully saturated rings. The van der Waals surface area contributed by atoms with Crippen LogP contribution in [-0.2, 0) is 4.79 Å². The van der Waals surface area contributed by atoms with Crippen LogP contribution in [-0.4, -0.2) is 35.4 Å². The molecule has 0 saturated carbocycles. The number of alkyl halides is 1. The van der Waals surface area contributed by atoms with Gasteiger partial charge in [-0.05, 0) is 74.9 Å². The maximum absolute atomic E-state index is 14.9. The first-order valence-electron chi connectivity index (χ1n) is 11.3. The standard InChI is InChI=1S/C25H30ClF2N3O3/c1-4-15(13-23(32)33)16-7-10-21(31-11-5-6-22(31)25(2,3)28)20(12-16)30-24(34)29-19-9-8-17(26)14-18(19)27/h7-10,12,14-15,22H,4-6,11,13H2,1-3H3,(H,32,33)(H2,29,30,34). The van der Waals surface area contributed by atoms with Crippen LogP contribution in [0.2, 0.25) is 5.02 Å². The predicted octanol–water partition coefficient (Wildman–Crippen LogP) is 6.81. The molecule has 1 aliphatic rings. The molecule has 0 aliphatic carbocycles. The van der Waals surface area contributed by atoms with Crippen LogP contribution in [0, 0.1) is 5.82 Å². The highest BCUT2D eigenvalue weighted by Gasteiger charge is 2.38. The van der Waals surface area contributed by atoms with Crippen molar-refractivity contribution < 1.29 is 23.5 Å². The van der Waals surface area contributed by atoms with Crippen molar-refractivity contribution in [3.63, 3.8) is 0 Å². The SMILES string of the molecule is CCC(CC(=O)O)c1ccc(N2CCCC2C(C)(C)F)c(NC(=O)Nc2ccc(Cl)cc2F)c1. The molecule has 0 radical (unpaired) electrons. The molecule has 1 aliphatic heterocycles. The van der Waals surface area contributed by atoms with Crippen LogP contribution >= 0.6 is 11.6 Å². The second-order valence-corrected chi connectivity index (χ2v) is 9.54. The van der Waals surface area contributed by atoms with Crippen LogP contribution in [0.15, 0.2) is 36.4 Å². The number of carbonyl (C=O) groups excluding carboxylic acids is 1. The molecule has 0 aromatic heterocycles. The maximum Gasteiger partial charge on any atom is 0.323 e. The Kier molecular flexibility index (Phi) is 8.02. The number of nitrogens with zero attached hydrogens (tertiary/aromatic N) is 1. The van der Waals surface area contributed by atoms with E-state index in [0.29, 0.717) is 30.8 Å². The molecular formula is C25H30ClF2N3O3. The van der Waals surface area contributed by atoms with E-state index in [1.165, 1.54) is 26.0 Å². The lowest BCUT2D eigenvalue weighted by atomic mass is 9.92. The Hall–Kier alpha value is -2.87. The number of hydrogen-bond acceptors (Lipinski definition) is 3. The van der Waals surface area contributed by atoms with Crippen molar-refractivity contribution in [1.29, 1.82) is 0 Å². The Morgan fingerprint density at radius 1 is 1.21 bits per heavy atom. The quantitative estimate of drug-likeness (QED) is 0.377. The number of aliphatic carboxylic acids is 1. The summed E-state index contributed by atoms with van der Waals surface area (Å²) in [5.41, 5.74) is 0.284. The number of carboxylic acid groups (broad SMARTS) is 1. The third-order valence-corrected chi connectivity index (χ3v) is 6.42. The second-order valence-electron chi connectivity index (χ2n) is 9.10. The number of anilines is 3. The number of nitrogens with one attached hydrogen (secondary N) is 2. The van der Waals surface area contributed by atoms with Crippen molar-refractivity contribution in [3.8, 4) is 0 Å². The van der Waals surface area contributed by atoms with E-state index in [0.717, 1.165) is 18.1 Å². The van der Waals surface area contributed by atoms with Crippen LogP contribution in [0.25, 0.3) is 0 Å². The summed E-state index contributed by atoms with van der Waals surface area (Å²) < 4.78 is 29.1. The Bertz CT molecular complexity index is 1060. The number of carboxylic acids is 1. The fourth-order valence-electron chi connectivity index (χ4n) is 4.50. The van der Waals surface area contributed by atoms with Gasteiger partial charge < -0.3 is 20.6 Å². The molecule has 0 spiro atoms. The van der Waals surface area contributed by atoms with Gasteiger partial charge in [0.25, 0.3) is 0 Å². The lowest BCUT2D eigenvalue weighted by Crippen LogP contribution is -2.43. The van der Waals surface area contributed by atoms with Gasteiger partial charge in [-0.1, -0.05) is 24.6 Å². The molecule has 9 heteroatoms. The topological polar surface area (TPSA) is 81.7 Å². The van der Waals surface area contributed by atoms with Gasteiger partial charge in [0.05, 0.1) is 29.5 Å². The first kappa shape index (κ1) is 25.7. The molecule has 2 aromatic carbocycles. The van der Waals surface area contributed by atoms with Crippen LogP contribution < -0.4 is 15.5 Å². The van der Waals surface area contributed by atoms with Crippen molar-refractivity contribution in [3.05, 3.63) is 52.8 Å². The number of halogens is 3. The van der Waals surface area contributed by atoms with E-state index in [4.69, 9.17) is 11.6 Å². The minimum atomic E-state index is -1.46. The molecule has 0 bridgehead atoms. The highest BCUT2D eigenvalue weighted by Crippen LogP contribution is 2.39. The summed E-state index contributed by atoms with van der Waals surface area (Å²) in [4.78, 5) is 26.0. The number of rotatable bonds is 8. The fourth-order valence-corrected chi connectivity index (χ4v) is 4.66.